The van der Waals surface area contributed by atoms with Crippen molar-refractivity contribution in [1.29, 1.82) is 0 Å². The second-order valence-electron chi connectivity index (χ2n) is 9.09. The predicted octanol–water partition coefficient (Wildman–Crippen LogP) is 2.94. The highest BCUT2D eigenvalue weighted by Gasteiger charge is 2.19. The molecule has 0 saturated carbocycles. The second kappa shape index (κ2) is 9.50. The molecule has 3 N–H and O–H groups in total. The van der Waals surface area contributed by atoms with Gasteiger partial charge in [0.15, 0.2) is 11.4 Å². The molecule has 4 aromatic heterocycles. The molecule has 1 aliphatic rings. The summed E-state index contributed by atoms with van der Waals surface area (Å²) in [5.74, 6) is 2.12. The van der Waals surface area contributed by atoms with Gasteiger partial charge in [-0.1, -0.05) is 6.07 Å². The Kier molecular flexibility index (Phi) is 5.86. The molecule has 1 saturated heterocycles. The first-order valence-corrected chi connectivity index (χ1v) is 12.3. The fourth-order valence-electron chi connectivity index (χ4n) is 4.70. The third-order valence-corrected chi connectivity index (χ3v) is 6.52. The number of para-hydroxylation sites is 1. The molecule has 1 aromatic carbocycles. The molecule has 5 heterocycles. The first kappa shape index (κ1) is 23.5. The maximum Gasteiger partial charge on any atom is 0.277 e. The van der Waals surface area contributed by atoms with E-state index in [1.54, 1.807) is 27.3 Å². The Hall–Kier alpha value is -4.94. The number of fused-ring (bicyclic) bond motifs is 1. The summed E-state index contributed by atoms with van der Waals surface area (Å²) in [6.45, 7) is 2.11. The minimum absolute atomic E-state index is 0.208. The summed E-state index contributed by atoms with van der Waals surface area (Å²) < 4.78 is 7.12. The van der Waals surface area contributed by atoms with Crippen molar-refractivity contribution in [3.63, 3.8) is 0 Å². The van der Waals surface area contributed by atoms with Crippen LogP contribution in [0.4, 0.5) is 28.7 Å². The minimum Gasteiger partial charge on any atom is -0.494 e. The number of nitrogens with one attached hydrogen (secondary N) is 3. The van der Waals surface area contributed by atoms with Crippen molar-refractivity contribution in [2.75, 3.05) is 35.7 Å². The Labute approximate surface area is 217 Å². The van der Waals surface area contributed by atoms with Crippen molar-refractivity contribution in [3.05, 3.63) is 52.9 Å². The lowest BCUT2D eigenvalue weighted by Crippen LogP contribution is -2.17. The van der Waals surface area contributed by atoms with Crippen LogP contribution in [0.5, 0.6) is 5.75 Å². The molecule has 13 nitrogen and oxygen atoms in total. The van der Waals surface area contributed by atoms with Crippen LogP contribution in [-0.2, 0) is 14.1 Å². The summed E-state index contributed by atoms with van der Waals surface area (Å²) >= 11 is 0. The van der Waals surface area contributed by atoms with Crippen LogP contribution in [0.25, 0.3) is 22.4 Å². The molecule has 1 fully saturated rings. The zero-order valence-corrected chi connectivity index (χ0v) is 21.3. The minimum atomic E-state index is -0.208. The summed E-state index contributed by atoms with van der Waals surface area (Å²) in [5, 5.41) is 22.4. The number of tetrazole rings is 1. The number of methoxy groups -OCH3 is 1. The van der Waals surface area contributed by atoms with Crippen molar-refractivity contribution in [2.45, 2.75) is 12.8 Å². The Morgan fingerprint density at radius 2 is 1.87 bits per heavy atom. The van der Waals surface area contributed by atoms with E-state index in [0.717, 1.165) is 18.8 Å². The van der Waals surface area contributed by atoms with Crippen LogP contribution >= 0.6 is 0 Å². The fraction of sp³-hybridized carbons (Fsp3) is 0.280. The molecule has 194 valence electrons. The van der Waals surface area contributed by atoms with Gasteiger partial charge in [0, 0.05) is 26.2 Å². The zero-order chi connectivity index (χ0) is 26.2. The Morgan fingerprint density at radius 1 is 1.03 bits per heavy atom. The number of benzene rings is 1. The lowest BCUT2D eigenvalue weighted by molar-refractivity contribution is 0.418. The fourth-order valence-corrected chi connectivity index (χ4v) is 4.70. The average molecular weight is 514 g/mol. The van der Waals surface area contributed by atoms with E-state index < -0.39 is 0 Å². The van der Waals surface area contributed by atoms with Crippen molar-refractivity contribution in [2.24, 2.45) is 14.1 Å². The van der Waals surface area contributed by atoms with E-state index in [1.807, 2.05) is 30.5 Å². The summed E-state index contributed by atoms with van der Waals surface area (Å²) in [7, 11) is 4.92. The van der Waals surface area contributed by atoms with Gasteiger partial charge in [0.25, 0.3) is 5.56 Å². The highest BCUT2D eigenvalue weighted by Crippen LogP contribution is 2.37. The molecule has 13 heteroatoms. The van der Waals surface area contributed by atoms with Gasteiger partial charge in [0.1, 0.15) is 17.0 Å². The second-order valence-corrected chi connectivity index (χ2v) is 9.09. The van der Waals surface area contributed by atoms with Crippen molar-refractivity contribution < 1.29 is 4.74 Å². The predicted molar refractivity (Wildman–Crippen MR) is 144 cm³/mol. The van der Waals surface area contributed by atoms with Gasteiger partial charge in [-0.05, 0) is 42.3 Å². The topological polar surface area (TPSA) is 144 Å². The Balaban J connectivity index is 1.37. The highest BCUT2D eigenvalue weighted by atomic mass is 16.5. The summed E-state index contributed by atoms with van der Waals surface area (Å²) in [4.78, 5) is 25.9. The van der Waals surface area contributed by atoms with Crippen molar-refractivity contribution in [3.8, 4) is 17.1 Å². The normalized spacial score (nSPS) is 13.3. The summed E-state index contributed by atoms with van der Waals surface area (Å²) in [6, 6.07) is 11.3. The van der Waals surface area contributed by atoms with Crippen LogP contribution < -0.4 is 25.8 Å². The van der Waals surface area contributed by atoms with Crippen LogP contribution in [0.3, 0.4) is 0 Å². The van der Waals surface area contributed by atoms with Crippen LogP contribution in [0, 0.1) is 0 Å². The van der Waals surface area contributed by atoms with Gasteiger partial charge in [-0.2, -0.15) is 4.80 Å². The van der Waals surface area contributed by atoms with E-state index in [1.165, 1.54) is 22.3 Å². The van der Waals surface area contributed by atoms with Crippen LogP contribution in [0.1, 0.15) is 12.8 Å². The molecule has 0 radical (unpaired) electrons. The van der Waals surface area contributed by atoms with E-state index in [2.05, 4.69) is 52.1 Å². The number of anilines is 5. The van der Waals surface area contributed by atoms with Gasteiger partial charge in [0.2, 0.25) is 5.82 Å². The lowest BCUT2D eigenvalue weighted by atomic mass is 10.1. The molecule has 6 rings (SSSR count). The molecule has 0 unspecified atom stereocenters. The standard InChI is InChI=1S/C25H27N11O2/c1-34-25(37)21-18(27-17-8-6-7-16(22(17)38-3)23-30-33-35(2)32-23)13-20(29-24(21)31-34)28-19-10-9-15(14-26-19)36-11-4-5-12-36/h6-10,13-14H,4-5,11-12H2,1-3H3,(H3,26,27,28,29,31). The Morgan fingerprint density at radius 3 is 2.58 bits per heavy atom. The first-order chi connectivity index (χ1) is 18.5. The molecule has 0 atom stereocenters. The molecular weight excluding hydrogens is 486 g/mol. The number of hydrogen-bond acceptors (Lipinski definition) is 10. The van der Waals surface area contributed by atoms with Gasteiger partial charge in [-0.3, -0.25) is 14.6 Å². The van der Waals surface area contributed by atoms with E-state index in [4.69, 9.17) is 4.74 Å². The number of aromatic amines is 1. The maximum absolute atomic E-state index is 13.0. The van der Waals surface area contributed by atoms with Crippen LogP contribution in [0.15, 0.2) is 47.4 Å². The summed E-state index contributed by atoms with van der Waals surface area (Å²) in [6.07, 6.45) is 4.28. The van der Waals surface area contributed by atoms with Gasteiger partial charge in [0.05, 0.1) is 43.0 Å². The first-order valence-electron chi connectivity index (χ1n) is 12.3. The largest absolute Gasteiger partial charge is 0.494 e. The van der Waals surface area contributed by atoms with Crippen LogP contribution in [-0.4, -0.2) is 60.2 Å². The molecule has 1 aliphatic heterocycles. The molecule has 0 aliphatic carbocycles. The Bertz CT molecular complexity index is 1660. The molecule has 5 aromatic rings. The molecule has 38 heavy (non-hydrogen) atoms. The van der Waals surface area contributed by atoms with E-state index in [-0.39, 0.29) is 5.56 Å². The van der Waals surface area contributed by atoms with Gasteiger partial charge in [-0.15, -0.1) is 10.2 Å². The number of aryl methyl sites for hydroxylation is 2. The monoisotopic (exact) mass is 513 g/mol. The number of nitrogens with zero attached hydrogens (tertiary/aromatic N) is 8. The highest BCUT2D eigenvalue weighted by molar-refractivity contribution is 5.94. The third-order valence-electron chi connectivity index (χ3n) is 6.52. The molecular formula is C25H27N11O2. The molecule has 0 amide bonds. The summed E-state index contributed by atoms with van der Waals surface area (Å²) in [5.41, 5.74) is 3.18. The van der Waals surface area contributed by atoms with Gasteiger partial charge in [-0.25, -0.2) is 9.97 Å². The van der Waals surface area contributed by atoms with E-state index in [9.17, 15) is 4.79 Å². The zero-order valence-electron chi connectivity index (χ0n) is 21.3. The van der Waals surface area contributed by atoms with E-state index >= 15 is 0 Å². The quantitative estimate of drug-likeness (QED) is 0.297. The van der Waals surface area contributed by atoms with E-state index in [0.29, 0.717) is 51.2 Å². The van der Waals surface area contributed by atoms with Gasteiger partial charge < -0.3 is 20.3 Å². The average Bonchev–Trinajstić information content (AvgIpc) is 3.66. The van der Waals surface area contributed by atoms with Gasteiger partial charge >= 0.3 is 0 Å². The molecule has 0 bridgehead atoms. The number of pyridine rings is 2. The third kappa shape index (κ3) is 4.27. The number of ether oxygens (including phenoxy) is 1. The smallest absolute Gasteiger partial charge is 0.277 e. The number of rotatable bonds is 7. The number of aromatic nitrogens is 8. The number of hydrogen-bond donors (Lipinski definition) is 3. The van der Waals surface area contributed by atoms with Crippen molar-refractivity contribution in [1.82, 2.24) is 40.0 Å². The van der Waals surface area contributed by atoms with Crippen molar-refractivity contribution >= 4 is 39.7 Å². The number of H-pyrrole nitrogens is 1. The van der Waals surface area contributed by atoms with Crippen LogP contribution in [0.2, 0.25) is 0 Å². The maximum atomic E-state index is 13.0. The molecule has 0 spiro atoms. The SMILES string of the molecule is COc1c(Nc2cc(Nc3ccc(N4CCCC4)cn3)nc3[nH]n(C)c(=O)c23)cccc1-c1nnn(C)n1. The lowest BCUT2D eigenvalue weighted by Gasteiger charge is -2.17.